The van der Waals surface area contributed by atoms with Crippen molar-refractivity contribution in [3.8, 4) is 0 Å². The predicted molar refractivity (Wildman–Crippen MR) is 50.9 cm³/mol. The first-order valence-corrected chi connectivity index (χ1v) is 4.74. The minimum Gasteiger partial charge on any atom is -0.317 e. The Labute approximate surface area is 76.9 Å². The molecule has 0 saturated carbocycles. The van der Waals surface area contributed by atoms with Crippen LogP contribution in [-0.4, -0.2) is 22.9 Å². The Kier molecular flexibility index (Phi) is 2.22. The van der Waals surface area contributed by atoms with Crippen molar-refractivity contribution in [2.45, 2.75) is 18.8 Å². The third-order valence-electron chi connectivity index (χ3n) is 2.69. The van der Waals surface area contributed by atoms with Crippen LogP contribution in [0.4, 0.5) is 0 Å². The number of aromatic nitrogens is 2. The van der Waals surface area contributed by atoms with Gasteiger partial charge < -0.3 is 5.32 Å². The van der Waals surface area contributed by atoms with Crippen molar-refractivity contribution >= 4 is 0 Å². The van der Waals surface area contributed by atoms with Gasteiger partial charge in [-0.05, 0) is 25.9 Å². The SMILES string of the molecule is Cn1[nH]c(C2CCNCC2)cc1=O. The molecule has 1 aliphatic rings. The highest BCUT2D eigenvalue weighted by molar-refractivity contribution is 5.07. The molecular formula is C9H15N3O. The molecule has 0 aromatic carbocycles. The zero-order valence-corrected chi connectivity index (χ0v) is 7.84. The molecule has 1 aliphatic heterocycles. The Morgan fingerprint density at radius 2 is 2.15 bits per heavy atom. The summed E-state index contributed by atoms with van der Waals surface area (Å²) >= 11 is 0. The summed E-state index contributed by atoms with van der Waals surface area (Å²) in [6.45, 7) is 2.11. The van der Waals surface area contributed by atoms with E-state index < -0.39 is 0 Å². The summed E-state index contributed by atoms with van der Waals surface area (Å²) in [6.07, 6.45) is 2.25. The van der Waals surface area contributed by atoms with E-state index in [1.54, 1.807) is 13.1 Å². The number of H-pyrrole nitrogens is 1. The minimum absolute atomic E-state index is 0.0635. The van der Waals surface area contributed by atoms with Gasteiger partial charge in [0.15, 0.2) is 0 Å². The Morgan fingerprint density at radius 3 is 2.69 bits per heavy atom. The topological polar surface area (TPSA) is 49.8 Å². The van der Waals surface area contributed by atoms with E-state index in [0.717, 1.165) is 31.6 Å². The summed E-state index contributed by atoms with van der Waals surface area (Å²) in [4.78, 5) is 11.2. The van der Waals surface area contributed by atoms with Crippen LogP contribution in [0.2, 0.25) is 0 Å². The fraction of sp³-hybridized carbons (Fsp3) is 0.667. The third-order valence-corrected chi connectivity index (χ3v) is 2.69. The molecule has 0 amide bonds. The van der Waals surface area contributed by atoms with Gasteiger partial charge in [-0.25, -0.2) is 0 Å². The standard InChI is InChI=1S/C9H15N3O/c1-12-9(13)6-8(11-12)7-2-4-10-5-3-7/h6-7,10-11H,2-5H2,1H3. The van der Waals surface area contributed by atoms with Crippen LogP contribution in [0.3, 0.4) is 0 Å². The van der Waals surface area contributed by atoms with Gasteiger partial charge in [-0.2, -0.15) is 0 Å². The Bertz CT molecular complexity index is 333. The highest BCUT2D eigenvalue weighted by Gasteiger charge is 2.17. The Morgan fingerprint density at radius 1 is 1.46 bits per heavy atom. The van der Waals surface area contributed by atoms with E-state index in [-0.39, 0.29) is 5.56 Å². The van der Waals surface area contributed by atoms with Crippen molar-refractivity contribution < 1.29 is 0 Å². The Hall–Kier alpha value is -1.03. The largest absolute Gasteiger partial charge is 0.317 e. The summed E-state index contributed by atoms with van der Waals surface area (Å²) in [6, 6.07) is 1.72. The summed E-state index contributed by atoms with van der Waals surface area (Å²) in [5.74, 6) is 0.537. The van der Waals surface area contributed by atoms with Gasteiger partial charge in [0.05, 0.1) is 0 Å². The molecule has 72 valence electrons. The average molecular weight is 181 g/mol. The van der Waals surface area contributed by atoms with Gasteiger partial charge in [0, 0.05) is 24.7 Å². The minimum atomic E-state index is 0.0635. The van der Waals surface area contributed by atoms with Gasteiger partial charge in [-0.15, -0.1) is 0 Å². The zero-order valence-electron chi connectivity index (χ0n) is 7.84. The molecule has 2 N–H and O–H groups in total. The van der Waals surface area contributed by atoms with E-state index in [1.807, 2.05) is 0 Å². The zero-order chi connectivity index (χ0) is 9.26. The average Bonchev–Trinajstić information content (AvgIpc) is 2.49. The molecule has 0 unspecified atom stereocenters. The van der Waals surface area contributed by atoms with Crippen LogP contribution in [-0.2, 0) is 7.05 Å². The molecule has 13 heavy (non-hydrogen) atoms. The van der Waals surface area contributed by atoms with Crippen LogP contribution in [0, 0.1) is 0 Å². The van der Waals surface area contributed by atoms with Crippen LogP contribution < -0.4 is 10.9 Å². The number of nitrogens with one attached hydrogen (secondary N) is 2. The first kappa shape index (κ1) is 8.56. The van der Waals surface area contributed by atoms with Crippen molar-refractivity contribution in [2.75, 3.05) is 13.1 Å². The maximum atomic E-state index is 11.2. The van der Waals surface area contributed by atoms with Gasteiger partial charge in [-0.1, -0.05) is 0 Å². The number of aromatic amines is 1. The van der Waals surface area contributed by atoms with Gasteiger partial charge in [-0.3, -0.25) is 14.6 Å². The van der Waals surface area contributed by atoms with Crippen molar-refractivity contribution in [3.05, 3.63) is 22.1 Å². The van der Waals surface area contributed by atoms with Crippen molar-refractivity contribution in [1.29, 1.82) is 0 Å². The molecule has 0 bridgehead atoms. The molecular weight excluding hydrogens is 166 g/mol. The summed E-state index contributed by atoms with van der Waals surface area (Å²) < 4.78 is 1.54. The Balaban J connectivity index is 2.19. The maximum absolute atomic E-state index is 11.2. The molecule has 0 aliphatic carbocycles. The lowest BCUT2D eigenvalue weighted by molar-refractivity contribution is 0.450. The predicted octanol–water partition coefficient (Wildman–Crippen LogP) is 0.180. The molecule has 2 rings (SSSR count). The van der Waals surface area contributed by atoms with E-state index in [9.17, 15) is 4.79 Å². The monoisotopic (exact) mass is 181 g/mol. The van der Waals surface area contributed by atoms with Crippen molar-refractivity contribution in [1.82, 2.24) is 15.1 Å². The van der Waals surface area contributed by atoms with Gasteiger partial charge >= 0.3 is 0 Å². The molecule has 4 heteroatoms. The second-order valence-electron chi connectivity index (χ2n) is 3.63. The highest BCUT2D eigenvalue weighted by Crippen LogP contribution is 2.21. The molecule has 4 nitrogen and oxygen atoms in total. The summed E-state index contributed by atoms with van der Waals surface area (Å²) in [7, 11) is 1.76. The first-order chi connectivity index (χ1) is 6.27. The highest BCUT2D eigenvalue weighted by atomic mass is 16.1. The van der Waals surface area contributed by atoms with Gasteiger partial charge in [0.2, 0.25) is 0 Å². The molecule has 0 atom stereocenters. The van der Waals surface area contributed by atoms with E-state index in [2.05, 4.69) is 10.4 Å². The molecule has 1 fully saturated rings. The number of piperidine rings is 1. The van der Waals surface area contributed by atoms with Crippen LogP contribution >= 0.6 is 0 Å². The van der Waals surface area contributed by atoms with E-state index >= 15 is 0 Å². The number of hydrogen-bond acceptors (Lipinski definition) is 2. The maximum Gasteiger partial charge on any atom is 0.266 e. The van der Waals surface area contributed by atoms with Gasteiger partial charge in [0.25, 0.3) is 5.56 Å². The second kappa shape index (κ2) is 3.38. The van der Waals surface area contributed by atoms with Gasteiger partial charge in [0.1, 0.15) is 0 Å². The van der Waals surface area contributed by atoms with Crippen molar-refractivity contribution in [2.24, 2.45) is 7.05 Å². The molecule has 0 spiro atoms. The summed E-state index contributed by atoms with van der Waals surface area (Å²) in [5, 5.41) is 6.40. The number of aryl methyl sites for hydroxylation is 1. The first-order valence-electron chi connectivity index (χ1n) is 4.74. The molecule has 0 radical (unpaired) electrons. The number of nitrogens with zero attached hydrogens (tertiary/aromatic N) is 1. The van der Waals surface area contributed by atoms with E-state index in [4.69, 9.17) is 0 Å². The van der Waals surface area contributed by atoms with Crippen LogP contribution in [0.1, 0.15) is 24.5 Å². The molecule has 1 aromatic rings. The lowest BCUT2D eigenvalue weighted by Crippen LogP contribution is -2.26. The lowest BCUT2D eigenvalue weighted by Gasteiger charge is -2.21. The molecule has 2 heterocycles. The fourth-order valence-corrected chi connectivity index (χ4v) is 1.85. The van der Waals surface area contributed by atoms with E-state index in [1.165, 1.54) is 4.68 Å². The third kappa shape index (κ3) is 1.67. The van der Waals surface area contributed by atoms with Crippen LogP contribution in [0.25, 0.3) is 0 Å². The smallest absolute Gasteiger partial charge is 0.266 e. The van der Waals surface area contributed by atoms with Crippen LogP contribution in [0.15, 0.2) is 10.9 Å². The summed E-state index contributed by atoms with van der Waals surface area (Å²) in [5.41, 5.74) is 1.16. The van der Waals surface area contributed by atoms with Crippen molar-refractivity contribution in [3.63, 3.8) is 0 Å². The lowest BCUT2D eigenvalue weighted by atomic mass is 9.95. The van der Waals surface area contributed by atoms with E-state index in [0.29, 0.717) is 5.92 Å². The van der Waals surface area contributed by atoms with Crippen LogP contribution in [0.5, 0.6) is 0 Å². The molecule has 1 saturated heterocycles. The normalized spacial score (nSPS) is 19.2. The number of hydrogen-bond donors (Lipinski definition) is 2. The fourth-order valence-electron chi connectivity index (χ4n) is 1.85. The number of rotatable bonds is 1. The molecule has 1 aromatic heterocycles. The second-order valence-corrected chi connectivity index (χ2v) is 3.63. The quantitative estimate of drug-likeness (QED) is 0.649.